The highest BCUT2D eigenvalue weighted by Gasteiger charge is 2.28. The molecular formula is C22H23N3O3. The molecule has 28 heavy (non-hydrogen) atoms. The first-order chi connectivity index (χ1) is 13.7. The Morgan fingerprint density at radius 1 is 1.25 bits per heavy atom. The second-order valence-corrected chi connectivity index (χ2v) is 7.00. The maximum Gasteiger partial charge on any atom is 0.272 e. The van der Waals surface area contributed by atoms with Crippen molar-refractivity contribution in [2.45, 2.75) is 25.2 Å². The van der Waals surface area contributed by atoms with Crippen LogP contribution in [0.5, 0.6) is 5.75 Å². The van der Waals surface area contributed by atoms with Gasteiger partial charge in [0, 0.05) is 25.7 Å². The van der Waals surface area contributed by atoms with Crippen LogP contribution in [0, 0.1) is 0 Å². The minimum absolute atomic E-state index is 0.0338. The molecule has 3 heterocycles. The second-order valence-electron chi connectivity index (χ2n) is 7.00. The predicted octanol–water partition coefficient (Wildman–Crippen LogP) is 3.69. The standard InChI is InChI=1S/C22H23N3O3/c1-27-18-8-4-6-16(12-18)13-19-14-24-21(28-19)17-7-5-11-25(15-17)22(26)20-9-2-3-10-23-20/h2-4,6,8-10,12,14,17H,5,7,11,13,15H2,1H3/t17-/m1/s1. The number of carbonyl (C=O) groups excluding carboxylic acids is 1. The minimum Gasteiger partial charge on any atom is -0.497 e. The van der Waals surface area contributed by atoms with Gasteiger partial charge in [0.25, 0.3) is 5.91 Å². The highest BCUT2D eigenvalue weighted by Crippen LogP contribution is 2.28. The van der Waals surface area contributed by atoms with E-state index >= 15 is 0 Å². The van der Waals surface area contributed by atoms with Crippen LogP contribution in [-0.4, -0.2) is 41.0 Å². The summed E-state index contributed by atoms with van der Waals surface area (Å²) < 4.78 is 11.3. The molecule has 3 aromatic rings. The molecule has 1 fully saturated rings. The summed E-state index contributed by atoms with van der Waals surface area (Å²) in [6.45, 7) is 1.35. The van der Waals surface area contributed by atoms with Crippen molar-refractivity contribution >= 4 is 5.91 Å². The molecule has 1 amide bonds. The van der Waals surface area contributed by atoms with Crippen LogP contribution < -0.4 is 4.74 Å². The van der Waals surface area contributed by atoms with Crippen molar-refractivity contribution in [3.8, 4) is 5.75 Å². The Kier molecular flexibility index (Phi) is 5.37. The molecule has 4 rings (SSSR count). The molecule has 0 aliphatic carbocycles. The summed E-state index contributed by atoms with van der Waals surface area (Å²) in [6.07, 6.45) is 5.98. The Morgan fingerprint density at radius 3 is 3.00 bits per heavy atom. The van der Waals surface area contributed by atoms with Gasteiger partial charge >= 0.3 is 0 Å². The molecule has 0 N–H and O–H groups in total. The smallest absolute Gasteiger partial charge is 0.272 e. The number of piperidine rings is 1. The van der Waals surface area contributed by atoms with E-state index in [0.717, 1.165) is 36.5 Å². The SMILES string of the molecule is COc1cccc(Cc2cnc([C@@H]3CCCN(C(=O)c4ccccn4)C3)o2)c1. The van der Waals surface area contributed by atoms with Gasteiger partial charge in [-0.1, -0.05) is 18.2 Å². The maximum atomic E-state index is 12.7. The van der Waals surface area contributed by atoms with Crippen molar-refractivity contribution in [1.82, 2.24) is 14.9 Å². The average Bonchev–Trinajstić information content (AvgIpc) is 3.22. The zero-order valence-electron chi connectivity index (χ0n) is 15.9. The Bertz CT molecular complexity index is 939. The van der Waals surface area contributed by atoms with Crippen LogP contribution in [0.15, 0.2) is 59.3 Å². The zero-order valence-corrected chi connectivity index (χ0v) is 15.9. The third-order valence-corrected chi connectivity index (χ3v) is 5.03. The number of aromatic nitrogens is 2. The number of methoxy groups -OCH3 is 1. The van der Waals surface area contributed by atoms with E-state index in [4.69, 9.17) is 9.15 Å². The van der Waals surface area contributed by atoms with Crippen LogP contribution in [0.1, 0.15) is 46.5 Å². The largest absolute Gasteiger partial charge is 0.497 e. The van der Waals surface area contributed by atoms with Crippen LogP contribution in [0.3, 0.4) is 0 Å². The molecule has 144 valence electrons. The third kappa shape index (κ3) is 4.06. The summed E-state index contributed by atoms with van der Waals surface area (Å²) in [5.74, 6) is 2.43. The Hall–Kier alpha value is -3.15. The van der Waals surface area contributed by atoms with E-state index in [-0.39, 0.29) is 11.8 Å². The van der Waals surface area contributed by atoms with Gasteiger partial charge in [0.05, 0.1) is 19.2 Å². The lowest BCUT2D eigenvalue weighted by Gasteiger charge is -2.31. The van der Waals surface area contributed by atoms with Gasteiger partial charge in [-0.2, -0.15) is 0 Å². The number of likely N-dealkylation sites (tertiary alicyclic amines) is 1. The molecule has 1 aliphatic rings. The molecule has 0 bridgehead atoms. The molecule has 0 spiro atoms. The summed E-state index contributed by atoms with van der Waals surface area (Å²) in [5.41, 5.74) is 1.59. The lowest BCUT2D eigenvalue weighted by atomic mass is 9.97. The summed E-state index contributed by atoms with van der Waals surface area (Å²) in [7, 11) is 1.66. The number of oxazole rings is 1. The van der Waals surface area contributed by atoms with Gasteiger partial charge in [0.2, 0.25) is 0 Å². The average molecular weight is 377 g/mol. The molecule has 6 nitrogen and oxygen atoms in total. The van der Waals surface area contributed by atoms with Crippen molar-refractivity contribution in [3.63, 3.8) is 0 Å². The number of nitrogens with zero attached hydrogens (tertiary/aromatic N) is 3. The molecule has 1 aromatic carbocycles. The second kappa shape index (κ2) is 8.25. The highest BCUT2D eigenvalue weighted by molar-refractivity contribution is 5.92. The normalized spacial score (nSPS) is 16.8. The van der Waals surface area contributed by atoms with Gasteiger partial charge < -0.3 is 14.1 Å². The van der Waals surface area contributed by atoms with E-state index in [0.29, 0.717) is 24.6 Å². The van der Waals surface area contributed by atoms with Gasteiger partial charge in [0.1, 0.15) is 17.2 Å². The number of hydrogen-bond acceptors (Lipinski definition) is 5. The summed E-state index contributed by atoms with van der Waals surface area (Å²) in [4.78, 5) is 23.2. The molecule has 0 unspecified atom stereocenters. The van der Waals surface area contributed by atoms with Gasteiger partial charge in [-0.05, 0) is 42.7 Å². The minimum atomic E-state index is -0.0338. The van der Waals surface area contributed by atoms with Crippen LogP contribution in [-0.2, 0) is 6.42 Å². The monoisotopic (exact) mass is 377 g/mol. The quantitative estimate of drug-likeness (QED) is 0.678. The van der Waals surface area contributed by atoms with Crippen LogP contribution in [0.2, 0.25) is 0 Å². The molecule has 1 atom stereocenters. The van der Waals surface area contributed by atoms with Crippen molar-refractivity contribution in [1.29, 1.82) is 0 Å². The topological polar surface area (TPSA) is 68.5 Å². The fourth-order valence-corrected chi connectivity index (χ4v) is 3.59. The number of pyridine rings is 1. The van der Waals surface area contributed by atoms with Gasteiger partial charge in [0.15, 0.2) is 5.89 Å². The van der Waals surface area contributed by atoms with Crippen molar-refractivity contribution in [2.24, 2.45) is 0 Å². The summed E-state index contributed by atoms with van der Waals surface area (Å²) in [5, 5.41) is 0. The van der Waals surface area contributed by atoms with Crippen molar-refractivity contribution in [2.75, 3.05) is 20.2 Å². The van der Waals surface area contributed by atoms with E-state index < -0.39 is 0 Å². The molecule has 6 heteroatoms. The fourth-order valence-electron chi connectivity index (χ4n) is 3.59. The number of hydrogen-bond donors (Lipinski definition) is 0. The van der Waals surface area contributed by atoms with Crippen LogP contribution in [0.4, 0.5) is 0 Å². The lowest BCUT2D eigenvalue weighted by Crippen LogP contribution is -2.39. The Balaban J connectivity index is 1.43. The highest BCUT2D eigenvalue weighted by atomic mass is 16.5. The first-order valence-electron chi connectivity index (χ1n) is 9.51. The van der Waals surface area contributed by atoms with E-state index in [9.17, 15) is 4.79 Å². The van der Waals surface area contributed by atoms with E-state index in [1.165, 1.54) is 0 Å². The molecule has 1 saturated heterocycles. The lowest BCUT2D eigenvalue weighted by molar-refractivity contribution is 0.0692. The molecular weight excluding hydrogens is 354 g/mol. The van der Waals surface area contributed by atoms with Crippen LogP contribution >= 0.6 is 0 Å². The first kappa shape index (κ1) is 18.2. The predicted molar refractivity (Wildman–Crippen MR) is 104 cm³/mol. The number of benzene rings is 1. The Morgan fingerprint density at radius 2 is 2.18 bits per heavy atom. The van der Waals surface area contributed by atoms with Crippen molar-refractivity contribution < 1.29 is 13.9 Å². The van der Waals surface area contributed by atoms with Gasteiger partial charge in [-0.25, -0.2) is 4.98 Å². The van der Waals surface area contributed by atoms with E-state index in [1.807, 2.05) is 41.3 Å². The van der Waals surface area contributed by atoms with Gasteiger partial charge in [-0.15, -0.1) is 0 Å². The summed E-state index contributed by atoms with van der Waals surface area (Å²) >= 11 is 0. The first-order valence-corrected chi connectivity index (χ1v) is 9.51. The maximum absolute atomic E-state index is 12.7. The summed E-state index contributed by atoms with van der Waals surface area (Å²) in [6, 6.07) is 13.3. The molecule has 0 saturated carbocycles. The number of rotatable bonds is 5. The van der Waals surface area contributed by atoms with Crippen LogP contribution in [0.25, 0.3) is 0 Å². The molecule has 2 aromatic heterocycles. The van der Waals surface area contributed by atoms with E-state index in [1.54, 1.807) is 25.6 Å². The third-order valence-electron chi connectivity index (χ3n) is 5.03. The van der Waals surface area contributed by atoms with Gasteiger partial charge in [-0.3, -0.25) is 9.78 Å². The Labute approximate surface area is 164 Å². The number of ether oxygens (including phenoxy) is 1. The van der Waals surface area contributed by atoms with E-state index in [2.05, 4.69) is 9.97 Å². The zero-order chi connectivity index (χ0) is 19.3. The number of carbonyl (C=O) groups is 1. The van der Waals surface area contributed by atoms with Crippen molar-refractivity contribution in [3.05, 3.63) is 77.8 Å². The fraction of sp³-hybridized carbons (Fsp3) is 0.318. The molecule has 0 radical (unpaired) electrons. The number of amides is 1. The molecule has 1 aliphatic heterocycles.